The number of pyridine rings is 1. The molecule has 4 rings (SSSR count). The van der Waals surface area contributed by atoms with Crippen LogP contribution in [0.25, 0.3) is 0 Å². The van der Waals surface area contributed by atoms with E-state index in [0.29, 0.717) is 11.1 Å². The lowest BCUT2D eigenvalue weighted by atomic mass is 10.0. The lowest BCUT2D eigenvalue weighted by Gasteiger charge is -2.36. The number of rotatable bonds is 3. The zero-order valence-corrected chi connectivity index (χ0v) is 16.3. The highest BCUT2D eigenvalue weighted by molar-refractivity contribution is 8.16. The molecule has 0 radical (unpaired) electrons. The van der Waals surface area contributed by atoms with Gasteiger partial charge < -0.3 is 10.2 Å². The summed E-state index contributed by atoms with van der Waals surface area (Å²) < 4.78 is 0.509. The van der Waals surface area contributed by atoms with Crippen LogP contribution in [-0.4, -0.2) is 46.9 Å². The zero-order valence-electron chi connectivity index (χ0n) is 14.6. The van der Waals surface area contributed by atoms with E-state index in [9.17, 15) is 4.79 Å². The average molecular weight is 386 g/mol. The van der Waals surface area contributed by atoms with E-state index >= 15 is 0 Å². The van der Waals surface area contributed by atoms with E-state index < -0.39 is 0 Å². The van der Waals surface area contributed by atoms with E-state index in [4.69, 9.17) is 0 Å². The summed E-state index contributed by atoms with van der Waals surface area (Å²) >= 11 is 4.02. The van der Waals surface area contributed by atoms with Gasteiger partial charge in [-0.2, -0.15) is 0 Å². The Hall–Kier alpha value is -1.50. The summed E-state index contributed by atoms with van der Waals surface area (Å²) in [5, 5.41) is 3.39. The van der Waals surface area contributed by atoms with E-state index in [0.717, 1.165) is 24.2 Å². The molecule has 0 spiro atoms. The van der Waals surface area contributed by atoms with Crippen molar-refractivity contribution in [2.24, 2.45) is 0 Å². The van der Waals surface area contributed by atoms with E-state index in [-0.39, 0.29) is 11.9 Å². The molecule has 1 unspecified atom stereocenters. The summed E-state index contributed by atoms with van der Waals surface area (Å²) in [4.78, 5) is 19.3. The number of hydrogen-bond acceptors (Lipinski definition) is 5. The average Bonchev–Trinajstić information content (AvgIpc) is 2.75. The first-order valence-corrected chi connectivity index (χ1v) is 11.2. The van der Waals surface area contributed by atoms with Crippen LogP contribution in [-0.2, 0) is 0 Å². The molecule has 1 aromatic carbocycles. The van der Waals surface area contributed by atoms with Crippen molar-refractivity contribution >= 4 is 29.4 Å². The molecule has 1 atom stereocenters. The number of benzene rings is 1. The Labute approximate surface area is 163 Å². The Kier molecular flexibility index (Phi) is 5.82. The molecule has 1 aromatic heterocycles. The normalized spacial score (nSPS) is 21.5. The summed E-state index contributed by atoms with van der Waals surface area (Å²) in [6, 6.07) is 12.3. The number of amides is 1. The maximum atomic E-state index is 13.1. The number of nitrogens with one attached hydrogen (secondary N) is 1. The van der Waals surface area contributed by atoms with E-state index in [1.165, 1.54) is 23.5 Å². The highest BCUT2D eigenvalue weighted by atomic mass is 32.2. The van der Waals surface area contributed by atoms with Crippen LogP contribution in [0, 0.1) is 0 Å². The lowest BCUT2D eigenvalue weighted by Crippen LogP contribution is -2.48. The van der Waals surface area contributed by atoms with Crippen molar-refractivity contribution in [3.8, 4) is 0 Å². The second-order valence-electron chi connectivity index (χ2n) is 6.55. The van der Waals surface area contributed by atoms with Gasteiger partial charge in [0, 0.05) is 37.6 Å². The summed E-state index contributed by atoms with van der Waals surface area (Å²) in [5.74, 6) is 2.56. The smallest absolute Gasteiger partial charge is 0.254 e. The minimum absolute atomic E-state index is 0.0362. The monoisotopic (exact) mass is 385 g/mol. The number of carbonyl (C=O) groups is 1. The first-order chi connectivity index (χ1) is 12.8. The minimum Gasteiger partial charge on any atom is -0.329 e. The lowest BCUT2D eigenvalue weighted by molar-refractivity contribution is 0.0634. The van der Waals surface area contributed by atoms with E-state index in [1.54, 1.807) is 6.20 Å². The van der Waals surface area contributed by atoms with Crippen LogP contribution in [0.5, 0.6) is 0 Å². The van der Waals surface area contributed by atoms with E-state index in [1.807, 2.05) is 58.9 Å². The van der Waals surface area contributed by atoms with Crippen molar-refractivity contribution in [1.82, 2.24) is 15.2 Å². The molecule has 0 aliphatic carbocycles. The Balaban J connectivity index is 1.52. The summed E-state index contributed by atoms with van der Waals surface area (Å²) in [5.41, 5.74) is 3.18. The number of aromatic nitrogens is 1. The van der Waals surface area contributed by atoms with Crippen molar-refractivity contribution in [2.45, 2.75) is 17.0 Å². The second kappa shape index (κ2) is 8.46. The molecule has 2 aliphatic heterocycles. The fourth-order valence-electron chi connectivity index (χ4n) is 3.45. The van der Waals surface area contributed by atoms with Crippen molar-refractivity contribution in [1.29, 1.82) is 0 Å². The van der Waals surface area contributed by atoms with Gasteiger partial charge in [-0.1, -0.05) is 18.2 Å². The second-order valence-corrected chi connectivity index (χ2v) is 9.28. The standard InChI is InChI=1S/C20H23N3OS2/c24-19(15-4-6-16(7-5-15)20-25-11-2-12-26-20)23-10-9-22-14-18(23)17-3-1-8-21-13-17/h1,3-8,13,18,20,22H,2,9-12,14H2. The SMILES string of the molecule is O=C(c1ccc(C2SCCCS2)cc1)N1CCNCC1c1cccnc1. The molecule has 26 heavy (non-hydrogen) atoms. The third-order valence-electron chi connectivity index (χ3n) is 4.83. The molecule has 2 aromatic rings. The number of thioether (sulfide) groups is 2. The van der Waals surface area contributed by atoms with E-state index in [2.05, 4.69) is 22.4 Å². The molecular formula is C20H23N3OS2. The number of piperazine rings is 1. The minimum atomic E-state index is 0.0362. The maximum Gasteiger partial charge on any atom is 0.254 e. The summed E-state index contributed by atoms with van der Waals surface area (Å²) in [6.45, 7) is 2.31. The molecule has 136 valence electrons. The number of hydrogen-bond donors (Lipinski definition) is 1. The highest BCUT2D eigenvalue weighted by Crippen LogP contribution is 2.43. The summed E-state index contributed by atoms with van der Waals surface area (Å²) in [6.07, 6.45) is 4.92. The van der Waals surface area contributed by atoms with Gasteiger partial charge in [0.1, 0.15) is 0 Å². The highest BCUT2D eigenvalue weighted by Gasteiger charge is 2.29. The predicted octanol–water partition coefficient (Wildman–Crippen LogP) is 3.74. The molecule has 3 heterocycles. The van der Waals surface area contributed by atoms with Gasteiger partial charge >= 0.3 is 0 Å². The Morgan fingerprint density at radius 3 is 2.65 bits per heavy atom. The number of nitrogens with zero attached hydrogens (tertiary/aromatic N) is 2. The van der Waals surface area contributed by atoms with Crippen LogP contribution >= 0.6 is 23.5 Å². The van der Waals surface area contributed by atoms with Gasteiger partial charge in [0.15, 0.2) is 0 Å². The van der Waals surface area contributed by atoms with Crippen LogP contribution < -0.4 is 5.32 Å². The van der Waals surface area contributed by atoms with Crippen LogP contribution in [0.4, 0.5) is 0 Å². The zero-order chi connectivity index (χ0) is 17.8. The van der Waals surface area contributed by atoms with Crippen LogP contribution in [0.1, 0.15) is 38.5 Å². The van der Waals surface area contributed by atoms with Crippen molar-refractivity contribution < 1.29 is 4.79 Å². The quantitative estimate of drug-likeness (QED) is 0.872. The third kappa shape index (κ3) is 3.92. The predicted molar refractivity (Wildman–Crippen MR) is 110 cm³/mol. The molecular weight excluding hydrogens is 362 g/mol. The first kappa shape index (κ1) is 17.9. The van der Waals surface area contributed by atoms with Gasteiger partial charge in [-0.3, -0.25) is 9.78 Å². The summed E-state index contributed by atoms with van der Waals surface area (Å²) in [7, 11) is 0. The molecule has 0 saturated carbocycles. The van der Waals surface area contributed by atoms with Crippen LogP contribution in [0.2, 0.25) is 0 Å². The Morgan fingerprint density at radius 2 is 1.92 bits per heavy atom. The third-order valence-corrected chi connectivity index (χ3v) is 7.85. The molecule has 2 aliphatic rings. The van der Waals surface area contributed by atoms with Crippen LogP contribution in [0.15, 0.2) is 48.8 Å². The van der Waals surface area contributed by atoms with Gasteiger partial charge in [-0.25, -0.2) is 0 Å². The van der Waals surface area contributed by atoms with Crippen molar-refractivity contribution in [3.63, 3.8) is 0 Å². The molecule has 1 amide bonds. The Morgan fingerprint density at radius 1 is 1.12 bits per heavy atom. The van der Waals surface area contributed by atoms with Gasteiger partial charge in [-0.15, -0.1) is 23.5 Å². The van der Waals surface area contributed by atoms with Gasteiger partial charge in [-0.05, 0) is 47.3 Å². The molecule has 6 heteroatoms. The fraction of sp³-hybridized carbons (Fsp3) is 0.400. The van der Waals surface area contributed by atoms with Crippen molar-refractivity contribution in [3.05, 3.63) is 65.5 Å². The molecule has 2 saturated heterocycles. The van der Waals surface area contributed by atoms with Gasteiger partial charge in [0.2, 0.25) is 0 Å². The topological polar surface area (TPSA) is 45.2 Å². The molecule has 4 nitrogen and oxygen atoms in total. The van der Waals surface area contributed by atoms with Gasteiger partial charge in [0.05, 0.1) is 10.6 Å². The largest absolute Gasteiger partial charge is 0.329 e. The molecule has 0 bridgehead atoms. The molecule has 2 fully saturated rings. The fourth-order valence-corrected chi connectivity index (χ4v) is 6.34. The number of carbonyl (C=O) groups excluding carboxylic acids is 1. The van der Waals surface area contributed by atoms with Gasteiger partial charge in [0.25, 0.3) is 5.91 Å². The first-order valence-electron chi connectivity index (χ1n) is 9.08. The molecule has 1 N–H and O–H groups in total. The van der Waals surface area contributed by atoms with Crippen LogP contribution in [0.3, 0.4) is 0 Å². The van der Waals surface area contributed by atoms with Crippen molar-refractivity contribution in [2.75, 3.05) is 31.1 Å². The Bertz CT molecular complexity index is 732. The maximum absolute atomic E-state index is 13.1.